The normalized spacial score (nSPS) is 11.0. The Labute approximate surface area is 100 Å². The Morgan fingerprint density at radius 2 is 2.06 bits per heavy atom. The molecule has 2 rings (SSSR count). The van der Waals surface area contributed by atoms with E-state index in [9.17, 15) is 0 Å². The number of benzene rings is 1. The highest BCUT2D eigenvalue weighted by Crippen LogP contribution is 2.28. The van der Waals surface area contributed by atoms with Crippen molar-refractivity contribution in [2.45, 2.75) is 26.7 Å². The van der Waals surface area contributed by atoms with Gasteiger partial charge >= 0.3 is 0 Å². The number of thiazole rings is 1. The molecular formula is C13H16N2S. The molecule has 2 aromatic rings. The van der Waals surface area contributed by atoms with Crippen molar-refractivity contribution in [1.82, 2.24) is 4.98 Å². The molecule has 0 spiro atoms. The maximum absolute atomic E-state index is 5.80. The summed E-state index contributed by atoms with van der Waals surface area (Å²) < 4.78 is 0. The van der Waals surface area contributed by atoms with Crippen molar-refractivity contribution in [2.75, 3.05) is 5.73 Å². The molecule has 0 aliphatic carbocycles. The predicted molar refractivity (Wildman–Crippen MR) is 70.8 cm³/mol. The maximum Gasteiger partial charge on any atom is 0.123 e. The molecule has 2 nitrogen and oxygen atoms in total. The van der Waals surface area contributed by atoms with Crippen LogP contribution in [0.4, 0.5) is 5.69 Å². The molecule has 0 aliphatic heterocycles. The highest BCUT2D eigenvalue weighted by atomic mass is 32.1. The Morgan fingerprint density at radius 1 is 1.31 bits per heavy atom. The second-order valence-electron chi connectivity index (χ2n) is 4.30. The van der Waals surface area contributed by atoms with Crippen LogP contribution in [0.15, 0.2) is 23.6 Å². The third-order valence-electron chi connectivity index (χ3n) is 2.63. The largest absolute Gasteiger partial charge is 0.399 e. The van der Waals surface area contributed by atoms with E-state index in [1.54, 1.807) is 11.3 Å². The number of nitrogens with zero attached hydrogens (tertiary/aromatic N) is 1. The lowest BCUT2D eigenvalue weighted by Gasteiger charge is -2.02. The molecule has 1 heterocycles. The molecule has 0 atom stereocenters. The monoisotopic (exact) mass is 232 g/mol. The van der Waals surface area contributed by atoms with Gasteiger partial charge in [0, 0.05) is 16.6 Å². The van der Waals surface area contributed by atoms with Gasteiger partial charge in [0.15, 0.2) is 0 Å². The maximum atomic E-state index is 5.80. The van der Waals surface area contributed by atoms with Crippen LogP contribution in [0.3, 0.4) is 0 Å². The average Bonchev–Trinajstić information content (AvgIpc) is 2.71. The van der Waals surface area contributed by atoms with Crippen molar-refractivity contribution in [3.8, 4) is 10.6 Å². The molecule has 2 N–H and O–H groups in total. The Kier molecular flexibility index (Phi) is 2.97. The third-order valence-corrected chi connectivity index (χ3v) is 3.54. The molecule has 1 aromatic carbocycles. The molecule has 0 amide bonds. The summed E-state index contributed by atoms with van der Waals surface area (Å²) >= 11 is 1.69. The number of anilines is 1. The standard InChI is InChI=1S/C13H16N2S/c1-8(2)12-7-16-13(15-12)10-4-5-11(14)9(3)6-10/h4-8H,14H2,1-3H3. The SMILES string of the molecule is Cc1cc(-c2nc(C(C)C)cs2)ccc1N. The first kappa shape index (κ1) is 11.1. The minimum Gasteiger partial charge on any atom is -0.399 e. The minimum atomic E-state index is 0.486. The lowest BCUT2D eigenvalue weighted by atomic mass is 10.1. The molecule has 0 unspecified atom stereocenters. The number of aromatic nitrogens is 1. The quantitative estimate of drug-likeness (QED) is 0.799. The van der Waals surface area contributed by atoms with E-state index in [0.29, 0.717) is 5.92 Å². The summed E-state index contributed by atoms with van der Waals surface area (Å²) in [5.41, 5.74) is 10.1. The molecule has 0 aliphatic rings. The molecule has 16 heavy (non-hydrogen) atoms. The summed E-state index contributed by atoms with van der Waals surface area (Å²) in [6, 6.07) is 6.07. The fraction of sp³-hybridized carbons (Fsp3) is 0.308. The van der Waals surface area contributed by atoms with Gasteiger partial charge < -0.3 is 5.73 Å². The second-order valence-corrected chi connectivity index (χ2v) is 5.16. The molecule has 0 saturated carbocycles. The van der Waals surface area contributed by atoms with E-state index in [0.717, 1.165) is 27.5 Å². The second kappa shape index (κ2) is 4.26. The van der Waals surface area contributed by atoms with Crippen LogP contribution in [0.25, 0.3) is 10.6 Å². The van der Waals surface area contributed by atoms with E-state index >= 15 is 0 Å². The average molecular weight is 232 g/mol. The van der Waals surface area contributed by atoms with E-state index in [2.05, 4.69) is 30.3 Å². The first-order chi connectivity index (χ1) is 7.58. The van der Waals surface area contributed by atoms with Gasteiger partial charge in [-0.1, -0.05) is 13.8 Å². The van der Waals surface area contributed by atoms with Crippen molar-refractivity contribution >= 4 is 17.0 Å². The first-order valence-corrected chi connectivity index (χ1v) is 6.28. The Balaban J connectivity index is 2.39. The Hall–Kier alpha value is -1.35. The lowest BCUT2D eigenvalue weighted by Crippen LogP contribution is -1.90. The number of hydrogen-bond acceptors (Lipinski definition) is 3. The molecule has 84 valence electrons. The zero-order valence-corrected chi connectivity index (χ0v) is 10.6. The van der Waals surface area contributed by atoms with Crippen molar-refractivity contribution in [2.24, 2.45) is 0 Å². The zero-order valence-electron chi connectivity index (χ0n) is 9.82. The molecular weight excluding hydrogens is 216 g/mol. The summed E-state index contributed by atoms with van der Waals surface area (Å²) in [5.74, 6) is 0.486. The van der Waals surface area contributed by atoms with Crippen LogP contribution >= 0.6 is 11.3 Å². The molecule has 1 aromatic heterocycles. The summed E-state index contributed by atoms with van der Waals surface area (Å²) in [4.78, 5) is 4.63. The van der Waals surface area contributed by atoms with Gasteiger partial charge in [0.1, 0.15) is 5.01 Å². The van der Waals surface area contributed by atoms with Crippen LogP contribution in [-0.2, 0) is 0 Å². The van der Waals surface area contributed by atoms with E-state index in [-0.39, 0.29) is 0 Å². The van der Waals surface area contributed by atoms with Crippen molar-refractivity contribution in [3.05, 3.63) is 34.8 Å². The van der Waals surface area contributed by atoms with Crippen LogP contribution in [-0.4, -0.2) is 4.98 Å². The fourth-order valence-electron chi connectivity index (χ4n) is 1.49. The van der Waals surface area contributed by atoms with E-state index in [4.69, 9.17) is 5.73 Å². The fourth-order valence-corrected chi connectivity index (χ4v) is 2.47. The van der Waals surface area contributed by atoms with E-state index in [1.165, 1.54) is 0 Å². The van der Waals surface area contributed by atoms with Gasteiger partial charge in [-0.25, -0.2) is 4.98 Å². The molecule has 0 fully saturated rings. The Bertz CT molecular complexity index is 500. The first-order valence-electron chi connectivity index (χ1n) is 5.40. The van der Waals surface area contributed by atoms with Gasteiger partial charge in [0.2, 0.25) is 0 Å². The molecule has 3 heteroatoms. The minimum absolute atomic E-state index is 0.486. The van der Waals surface area contributed by atoms with Crippen LogP contribution in [0.2, 0.25) is 0 Å². The molecule has 0 bridgehead atoms. The number of nitrogen functional groups attached to an aromatic ring is 1. The van der Waals surface area contributed by atoms with Crippen molar-refractivity contribution < 1.29 is 0 Å². The van der Waals surface area contributed by atoms with Gasteiger partial charge in [0.25, 0.3) is 0 Å². The summed E-state index contributed by atoms with van der Waals surface area (Å²) in [6.07, 6.45) is 0. The smallest absolute Gasteiger partial charge is 0.123 e. The number of rotatable bonds is 2. The van der Waals surface area contributed by atoms with Gasteiger partial charge in [-0.3, -0.25) is 0 Å². The van der Waals surface area contributed by atoms with Gasteiger partial charge in [-0.15, -0.1) is 11.3 Å². The number of nitrogens with two attached hydrogens (primary N) is 1. The summed E-state index contributed by atoms with van der Waals surface area (Å²) in [5, 5.41) is 3.21. The van der Waals surface area contributed by atoms with Crippen LogP contribution in [0, 0.1) is 6.92 Å². The molecule has 0 saturated heterocycles. The molecule has 0 radical (unpaired) electrons. The predicted octanol–water partition coefficient (Wildman–Crippen LogP) is 3.82. The van der Waals surface area contributed by atoms with E-state index in [1.807, 2.05) is 19.1 Å². The van der Waals surface area contributed by atoms with Crippen LogP contribution in [0.5, 0.6) is 0 Å². The van der Waals surface area contributed by atoms with Crippen LogP contribution < -0.4 is 5.73 Å². The topological polar surface area (TPSA) is 38.9 Å². The van der Waals surface area contributed by atoms with Gasteiger partial charge in [-0.2, -0.15) is 0 Å². The highest BCUT2D eigenvalue weighted by Gasteiger charge is 2.08. The van der Waals surface area contributed by atoms with E-state index < -0.39 is 0 Å². The lowest BCUT2D eigenvalue weighted by molar-refractivity contribution is 0.834. The number of hydrogen-bond donors (Lipinski definition) is 1. The summed E-state index contributed by atoms with van der Waals surface area (Å²) in [6.45, 7) is 6.34. The van der Waals surface area contributed by atoms with Gasteiger partial charge in [-0.05, 0) is 36.6 Å². The number of aryl methyl sites for hydroxylation is 1. The highest BCUT2D eigenvalue weighted by molar-refractivity contribution is 7.13. The van der Waals surface area contributed by atoms with Crippen LogP contribution in [0.1, 0.15) is 31.0 Å². The Morgan fingerprint density at radius 3 is 2.62 bits per heavy atom. The van der Waals surface area contributed by atoms with Crippen molar-refractivity contribution in [3.63, 3.8) is 0 Å². The zero-order chi connectivity index (χ0) is 11.7. The van der Waals surface area contributed by atoms with Gasteiger partial charge in [0.05, 0.1) is 5.69 Å². The third kappa shape index (κ3) is 2.09. The summed E-state index contributed by atoms with van der Waals surface area (Å²) in [7, 11) is 0. The van der Waals surface area contributed by atoms with Crippen molar-refractivity contribution in [1.29, 1.82) is 0 Å².